The van der Waals surface area contributed by atoms with Crippen molar-refractivity contribution in [3.63, 3.8) is 0 Å². The number of hydrogen-bond acceptors (Lipinski definition) is 3. The second-order valence-corrected chi connectivity index (χ2v) is 6.41. The SMILES string of the molecule is Cc1onc(-c2ccccc2Cl)c1C(=O)NCC#Cc1cccc(C(F)(F)F)c1. The Bertz CT molecular complexity index is 1110. The first-order valence-corrected chi connectivity index (χ1v) is 8.80. The lowest BCUT2D eigenvalue weighted by Crippen LogP contribution is -2.24. The molecule has 0 aliphatic heterocycles. The molecule has 0 atom stereocenters. The third kappa shape index (κ3) is 4.79. The van der Waals surface area contributed by atoms with E-state index in [-0.39, 0.29) is 17.7 Å². The van der Waals surface area contributed by atoms with Gasteiger partial charge in [0.15, 0.2) is 0 Å². The first kappa shape index (κ1) is 20.5. The second-order valence-electron chi connectivity index (χ2n) is 6.01. The summed E-state index contributed by atoms with van der Waals surface area (Å²) in [7, 11) is 0. The van der Waals surface area contributed by atoms with E-state index in [1.165, 1.54) is 12.1 Å². The van der Waals surface area contributed by atoms with E-state index in [9.17, 15) is 18.0 Å². The minimum Gasteiger partial charge on any atom is -0.360 e. The van der Waals surface area contributed by atoms with Crippen LogP contribution in [0, 0.1) is 18.8 Å². The fourth-order valence-electron chi connectivity index (χ4n) is 2.61. The fourth-order valence-corrected chi connectivity index (χ4v) is 2.83. The number of nitrogens with one attached hydrogen (secondary N) is 1. The molecule has 0 aliphatic rings. The van der Waals surface area contributed by atoms with Crippen molar-refractivity contribution in [1.29, 1.82) is 0 Å². The Morgan fingerprint density at radius 1 is 1.21 bits per heavy atom. The summed E-state index contributed by atoms with van der Waals surface area (Å²) >= 11 is 6.17. The summed E-state index contributed by atoms with van der Waals surface area (Å²) in [5.74, 6) is 5.07. The van der Waals surface area contributed by atoms with Crippen LogP contribution in [0.4, 0.5) is 13.2 Å². The van der Waals surface area contributed by atoms with E-state index >= 15 is 0 Å². The molecule has 2 aromatic carbocycles. The number of carbonyl (C=O) groups is 1. The predicted molar refractivity (Wildman–Crippen MR) is 102 cm³/mol. The molecule has 1 N–H and O–H groups in total. The third-order valence-corrected chi connectivity index (χ3v) is 4.31. The molecule has 148 valence electrons. The van der Waals surface area contributed by atoms with Crippen LogP contribution in [0.15, 0.2) is 53.1 Å². The molecule has 3 rings (SSSR count). The normalized spacial score (nSPS) is 10.9. The molecule has 0 saturated heterocycles. The lowest BCUT2D eigenvalue weighted by atomic mass is 10.1. The van der Waals surface area contributed by atoms with Crippen LogP contribution in [0.2, 0.25) is 5.02 Å². The van der Waals surface area contributed by atoms with Crippen LogP contribution in [-0.2, 0) is 6.18 Å². The van der Waals surface area contributed by atoms with Crippen LogP contribution >= 0.6 is 11.6 Å². The van der Waals surface area contributed by atoms with Crippen molar-refractivity contribution in [1.82, 2.24) is 10.5 Å². The van der Waals surface area contributed by atoms with Gasteiger partial charge in [-0.05, 0) is 31.2 Å². The van der Waals surface area contributed by atoms with Crippen LogP contribution in [0.1, 0.15) is 27.2 Å². The average molecular weight is 419 g/mol. The van der Waals surface area contributed by atoms with Crippen molar-refractivity contribution in [3.05, 3.63) is 76.0 Å². The number of hydrogen-bond donors (Lipinski definition) is 1. The molecular formula is C21H14ClF3N2O2. The summed E-state index contributed by atoms with van der Waals surface area (Å²) in [4.78, 5) is 12.6. The van der Waals surface area contributed by atoms with Crippen LogP contribution in [0.3, 0.4) is 0 Å². The van der Waals surface area contributed by atoms with Gasteiger partial charge in [0.1, 0.15) is 17.0 Å². The number of halogens is 4. The molecule has 1 aromatic heterocycles. The van der Waals surface area contributed by atoms with Gasteiger partial charge in [-0.2, -0.15) is 13.2 Å². The lowest BCUT2D eigenvalue weighted by Gasteiger charge is -2.06. The van der Waals surface area contributed by atoms with Crippen molar-refractivity contribution in [2.75, 3.05) is 6.54 Å². The van der Waals surface area contributed by atoms with Gasteiger partial charge in [0.2, 0.25) is 0 Å². The molecule has 1 heterocycles. The zero-order valence-corrected chi connectivity index (χ0v) is 15.9. The van der Waals surface area contributed by atoms with Crippen molar-refractivity contribution in [2.45, 2.75) is 13.1 Å². The minimum atomic E-state index is -4.44. The molecule has 0 saturated carbocycles. The molecule has 0 aliphatic carbocycles. The van der Waals surface area contributed by atoms with Gasteiger partial charge in [-0.25, -0.2) is 0 Å². The molecule has 1 amide bonds. The van der Waals surface area contributed by atoms with Crippen molar-refractivity contribution < 1.29 is 22.5 Å². The van der Waals surface area contributed by atoms with Crippen LogP contribution < -0.4 is 5.32 Å². The van der Waals surface area contributed by atoms with E-state index in [2.05, 4.69) is 22.3 Å². The number of nitrogens with zero attached hydrogens (tertiary/aromatic N) is 1. The summed E-state index contributed by atoms with van der Waals surface area (Å²) < 4.78 is 43.3. The maximum atomic E-state index is 12.7. The maximum absolute atomic E-state index is 12.7. The number of rotatable bonds is 3. The summed E-state index contributed by atoms with van der Waals surface area (Å²) in [6.07, 6.45) is -4.44. The highest BCUT2D eigenvalue weighted by Crippen LogP contribution is 2.31. The molecule has 0 unspecified atom stereocenters. The Balaban J connectivity index is 1.73. The van der Waals surface area contributed by atoms with E-state index in [1.54, 1.807) is 31.2 Å². The number of aromatic nitrogens is 1. The largest absolute Gasteiger partial charge is 0.416 e. The number of carbonyl (C=O) groups excluding carboxylic acids is 1. The van der Waals surface area contributed by atoms with Gasteiger partial charge in [-0.3, -0.25) is 4.79 Å². The van der Waals surface area contributed by atoms with E-state index < -0.39 is 17.6 Å². The highest BCUT2D eigenvalue weighted by atomic mass is 35.5. The fraction of sp³-hybridized carbons (Fsp3) is 0.143. The highest BCUT2D eigenvalue weighted by Gasteiger charge is 2.30. The number of benzene rings is 2. The Morgan fingerprint density at radius 2 is 1.97 bits per heavy atom. The van der Waals surface area contributed by atoms with E-state index in [4.69, 9.17) is 16.1 Å². The minimum absolute atomic E-state index is 0.0678. The molecule has 8 heteroatoms. The van der Waals surface area contributed by atoms with E-state index in [0.717, 1.165) is 12.1 Å². The van der Waals surface area contributed by atoms with Crippen LogP contribution in [0.25, 0.3) is 11.3 Å². The van der Waals surface area contributed by atoms with E-state index in [1.807, 2.05) is 0 Å². The Kier molecular flexibility index (Phi) is 5.95. The molecule has 0 spiro atoms. The van der Waals surface area contributed by atoms with Gasteiger partial charge < -0.3 is 9.84 Å². The van der Waals surface area contributed by atoms with Gasteiger partial charge >= 0.3 is 6.18 Å². The first-order chi connectivity index (χ1) is 13.8. The zero-order valence-electron chi connectivity index (χ0n) is 15.1. The predicted octanol–water partition coefficient (Wildman–Crippen LogP) is 5.10. The summed E-state index contributed by atoms with van der Waals surface area (Å²) in [5, 5.41) is 6.92. The Hall–Kier alpha value is -3.24. The topological polar surface area (TPSA) is 55.1 Å². The van der Waals surface area contributed by atoms with E-state index in [0.29, 0.717) is 22.0 Å². The van der Waals surface area contributed by atoms with Crippen molar-refractivity contribution >= 4 is 17.5 Å². The standard InChI is InChI=1S/C21H14ClF3N2O2/c1-13-18(19(27-29-13)16-9-2-3-10-17(16)22)20(28)26-11-5-7-14-6-4-8-15(12-14)21(23,24)25/h2-4,6,8-10,12H,11H2,1H3,(H,26,28). The van der Waals surface area contributed by atoms with Gasteiger partial charge in [0, 0.05) is 11.1 Å². The van der Waals surface area contributed by atoms with Gasteiger partial charge in [-0.15, -0.1) is 0 Å². The number of aryl methyl sites for hydroxylation is 1. The summed E-state index contributed by atoms with van der Waals surface area (Å²) in [6.45, 7) is 1.53. The second kappa shape index (κ2) is 8.41. The number of alkyl halides is 3. The van der Waals surface area contributed by atoms with Gasteiger partial charge in [0.05, 0.1) is 17.1 Å². The summed E-state index contributed by atoms with van der Waals surface area (Å²) in [6, 6.07) is 11.6. The van der Waals surface area contributed by atoms with Crippen molar-refractivity contribution in [2.24, 2.45) is 0 Å². The summed E-state index contributed by atoms with van der Waals surface area (Å²) in [5.41, 5.74) is 0.492. The monoisotopic (exact) mass is 418 g/mol. The average Bonchev–Trinajstić information content (AvgIpc) is 3.06. The molecular weight excluding hydrogens is 405 g/mol. The molecule has 0 radical (unpaired) electrons. The quantitative estimate of drug-likeness (QED) is 0.602. The van der Waals surface area contributed by atoms with Crippen molar-refractivity contribution in [3.8, 4) is 23.1 Å². The van der Waals surface area contributed by atoms with Gasteiger partial charge in [-0.1, -0.05) is 52.9 Å². The molecule has 4 nitrogen and oxygen atoms in total. The zero-order chi connectivity index (χ0) is 21.0. The molecule has 3 aromatic rings. The smallest absolute Gasteiger partial charge is 0.360 e. The van der Waals surface area contributed by atoms with Crippen LogP contribution in [0.5, 0.6) is 0 Å². The maximum Gasteiger partial charge on any atom is 0.416 e. The molecule has 0 fully saturated rings. The third-order valence-electron chi connectivity index (χ3n) is 3.98. The first-order valence-electron chi connectivity index (χ1n) is 8.43. The Labute approximate surface area is 169 Å². The number of amides is 1. The Morgan fingerprint density at radius 3 is 2.69 bits per heavy atom. The molecule has 0 bridgehead atoms. The highest BCUT2D eigenvalue weighted by molar-refractivity contribution is 6.33. The lowest BCUT2D eigenvalue weighted by molar-refractivity contribution is -0.137. The van der Waals surface area contributed by atoms with Crippen LogP contribution in [-0.4, -0.2) is 17.6 Å². The van der Waals surface area contributed by atoms with Gasteiger partial charge in [0.25, 0.3) is 5.91 Å². The molecule has 29 heavy (non-hydrogen) atoms.